The average Bonchev–Trinajstić information content (AvgIpc) is 2.90. The molecular formula is C17H16BrNO2. The number of halogens is 1. The third-order valence-corrected chi connectivity index (χ3v) is 4.33. The number of carbonyl (C=O) groups is 1. The van der Waals surface area contributed by atoms with Crippen molar-refractivity contribution in [3.63, 3.8) is 0 Å². The van der Waals surface area contributed by atoms with Crippen LogP contribution in [0.25, 0.3) is 0 Å². The van der Waals surface area contributed by atoms with E-state index in [0.717, 1.165) is 23.1 Å². The molecule has 3 nitrogen and oxygen atoms in total. The van der Waals surface area contributed by atoms with E-state index in [1.807, 2.05) is 42.5 Å². The molecule has 0 aromatic heterocycles. The number of carbonyl (C=O) groups excluding carboxylic acids is 1. The van der Waals surface area contributed by atoms with Crippen molar-refractivity contribution in [2.45, 2.75) is 19.7 Å². The predicted octanol–water partition coefficient (Wildman–Crippen LogP) is 3.51. The molecule has 0 radical (unpaired) electrons. The first kappa shape index (κ1) is 14.3. The summed E-state index contributed by atoms with van der Waals surface area (Å²) in [7, 11) is 0. The normalized spacial score (nSPS) is 14.0. The van der Waals surface area contributed by atoms with Crippen molar-refractivity contribution < 1.29 is 9.53 Å². The molecular weight excluding hydrogens is 330 g/mol. The van der Waals surface area contributed by atoms with Crippen LogP contribution in [0, 0.1) is 0 Å². The molecule has 0 saturated carbocycles. The zero-order chi connectivity index (χ0) is 14.7. The minimum Gasteiger partial charge on any atom is -0.460 e. The van der Waals surface area contributed by atoms with Crippen LogP contribution in [-0.2, 0) is 29.2 Å². The molecule has 0 aliphatic carbocycles. The number of hydrogen-bond acceptors (Lipinski definition) is 3. The number of benzene rings is 2. The van der Waals surface area contributed by atoms with Crippen LogP contribution in [0.15, 0.2) is 53.0 Å². The van der Waals surface area contributed by atoms with Crippen molar-refractivity contribution in [2.75, 3.05) is 6.54 Å². The van der Waals surface area contributed by atoms with Crippen LogP contribution in [0.2, 0.25) is 0 Å². The van der Waals surface area contributed by atoms with Crippen LogP contribution in [0.4, 0.5) is 0 Å². The van der Waals surface area contributed by atoms with E-state index in [1.54, 1.807) is 0 Å². The number of rotatable bonds is 4. The predicted molar refractivity (Wildman–Crippen MR) is 84.5 cm³/mol. The van der Waals surface area contributed by atoms with Crippen LogP contribution in [0.5, 0.6) is 0 Å². The summed E-state index contributed by atoms with van der Waals surface area (Å²) in [6, 6.07) is 15.9. The summed E-state index contributed by atoms with van der Waals surface area (Å²) in [5.74, 6) is -0.178. The second-order valence-electron chi connectivity index (χ2n) is 5.17. The Balaban J connectivity index is 1.52. The molecule has 108 valence electrons. The molecule has 0 saturated heterocycles. The van der Waals surface area contributed by atoms with Gasteiger partial charge in [0.25, 0.3) is 0 Å². The van der Waals surface area contributed by atoms with Gasteiger partial charge in [-0.1, -0.05) is 58.4 Å². The van der Waals surface area contributed by atoms with E-state index < -0.39 is 0 Å². The first-order chi connectivity index (χ1) is 10.2. The highest BCUT2D eigenvalue weighted by molar-refractivity contribution is 9.10. The maximum Gasteiger partial charge on any atom is 0.320 e. The van der Waals surface area contributed by atoms with E-state index in [-0.39, 0.29) is 5.97 Å². The van der Waals surface area contributed by atoms with E-state index >= 15 is 0 Å². The molecule has 0 N–H and O–H groups in total. The summed E-state index contributed by atoms with van der Waals surface area (Å²) in [5.41, 5.74) is 3.56. The molecule has 0 spiro atoms. The van der Waals surface area contributed by atoms with Crippen LogP contribution < -0.4 is 0 Å². The van der Waals surface area contributed by atoms with Crippen molar-refractivity contribution in [3.05, 3.63) is 69.7 Å². The minimum atomic E-state index is -0.178. The number of hydrogen-bond donors (Lipinski definition) is 0. The fourth-order valence-electron chi connectivity index (χ4n) is 2.53. The van der Waals surface area contributed by atoms with E-state index in [4.69, 9.17) is 4.74 Å². The molecule has 0 amide bonds. The smallest absolute Gasteiger partial charge is 0.320 e. The molecule has 0 bridgehead atoms. The summed E-state index contributed by atoms with van der Waals surface area (Å²) in [4.78, 5) is 14.0. The Morgan fingerprint density at radius 3 is 2.67 bits per heavy atom. The van der Waals surface area contributed by atoms with Gasteiger partial charge in [-0.2, -0.15) is 0 Å². The lowest BCUT2D eigenvalue weighted by Crippen LogP contribution is -2.26. The van der Waals surface area contributed by atoms with Gasteiger partial charge in [-0.3, -0.25) is 9.69 Å². The molecule has 4 heteroatoms. The fourth-order valence-corrected chi connectivity index (χ4v) is 3.06. The summed E-state index contributed by atoms with van der Waals surface area (Å²) in [6.45, 7) is 2.25. The first-order valence-corrected chi connectivity index (χ1v) is 7.70. The Morgan fingerprint density at radius 1 is 1.10 bits per heavy atom. The van der Waals surface area contributed by atoms with Crippen LogP contribution in [-0.4, -0.2) is 17.4 Å². The molecule has 0 unspecified atom stereocenters. The van der Waals surface area contributed by atoms with Crippen LogP contribution in [0.3, 0.4) is 0 Å². The minimum absolute atomic E-state index is 0.178. The van der Waals surface area contributed by atoms with Gasteiger partial charge in [0.05, 0.1) is 6.54 Å². The topological polar surface area (TPSA) is 29.5 Å². The van der Waals surface area contributed by atoms with Crippen molar-refractivity contribution in [1.29, 1.82) is 0 Å². The SMILES string of the molecule is O=C(CN1Cc2cccc(Br)c2C1)OCc1ccccc1. The largest absolute Gasteiger partial charge is 0.460 e. The molecule has 21 heavy (non-hydrogen) atoms. The summed E-state index contributed by atoms with van der Waals surface area (Å²) < 4.78 is 6.44. The summed E-state index contributed by atoms with van der Waals surface area (Å²) >= 11 is 3.56. The Labute approximate surface area is 132 Å². The van der Waals surface area contributed by atoms with Gasteiger partial charge in [0.1, 0.15) is 6.61 Å². The molecule has 2 aromatic carbocycles. The molecule has 0 atom stereocenters. The van der Waals surface area contributed by atoms with Crippen LogP contribution in [0.1, 0.15) is 16.7 Å². The highest BCUT2D eigenvalue weighted by atomic mass is 79.9. The van der Waals surface area contributed by atoms with Crippen LogP contribution >= 0.6 is 15.9 Å². The quantitative estimate of drug-likeness (QED) is 0.794. The zero-order valence-corrected chi connectivity index (χ0v) is 13.2. The van der Waals surface area contributed by atoms with Crippen molar-refractivity contribution in [3.8, 4) is 0 Å². The van der Waals surface area contributed by atoms with E-state index in [2.05, 4.69) is 26.9 Å². The molecule has 1 aliphatic rings. The van der Waals surface area contributed by atoms with Gasteiger partial charge >= 0.3 is 5.97 Å². The maximum absolute atomic E-state index is 11.9. The second kappa shape index (κ2) is 6.41. The Hall–Kier alpha value is -1.65. The number of ether oxygens (including phenoxy) is 1. The van der Waals surface area contributed by atoms with Gasteiger partial charge in [0.2, 0.25) is 0 Å². The average molecular weight is 346 g/mol. The van der Waals surface area contributed by atoms with Gasteiger partial charge in [0.15, 0.2) is 0 Å². The number of fused-ring (bicyclic) bond motifs is 1. The van der Waals surface area contributed by atoms with E-state index in [0.29, 0.717) is 13.2 Å². The van der Waals surface area contributed by atoms with Gasteiger partial charge in [-0.05, 0) is 22.8 Å². The van der Waals surface area contributed by atoms with E-state index in [1.165, 1.54) is 11.1 Å². The molecule has 0 fully saturated rings. The Bertz CT molecular complexity index is 642. The molecule has 2 aromatic rings. The van der Waals surface area contributed by atoms with Crippen molar-refractivity contribution in [1.82, 2.24) is 4.90 Å². The molecule has 1 aliphatic heterocycles. The zero-order valence-electron chi connectivity index (χ0n) is 11.6. The number of esters is 1. The molecule has 1 heterocycles. The van der Waals surface area contributed by atoms with E-state index in [9.17, 15) is 4.79 Å². The maximum atomic E-state index is 11.9. The van der Waals surface area contributed by atoms with Gasteiger partial charge < -0.3 is 4.74 Å². The lowest BCUT2D eigenvalue weighted by atomic mass is 10.1. The molecule has 3 rings (SSSR count). The van der Waals surface area contributed by atoms with Crippen molar-refractivity contribution in [2.24, 2.45) is 0 Å². The third kappa shape index (κ3) is 3.52. The van der Waals surface area contributed by atoms with Crippen molar-refractivity contribution >= 4 is 21.9 Å². The summed E-state index contributed by atoms with van der Waals surface area (Å²) in [6.07, 6.45) is 0. The highest BCUT2D eigenvalue weighted by Gasteiger charge is 2.22. The second-order valence-corrected chi connectivity index (χ2v) is 6.02. The monoisotopic (exact) mass is 345 g/mol. The fraction of sp³-hybridized carbons (Fsp3) is 0.235. The highest BCUT2D eigenvalue weighted by Crippen LogP contribution is 2.29. The lowest BCUT2D eigenvalue weighted by Gasteiger charge is -2.13. The standard InChI is InChI=1S/C17H16BrNO2/c18-16-8-4-7-14-9-19(10-15(14)16)11-17(20)21-12-13-5-2-1-3-6-13/h1-8H,9-12H2. The Kier molecular flexibility index (Phi) is 4.36. The van der Waals surface area contributed by atoms with Gasteiger partial charge in [-0.15, -0.1) is 0 Å². The summed E-state index contributed by atoms with van der Waals surface area (Å²) in [5, 5.41) is 0. The number of nitrogens with zero attached hydrogens (tertiary/aromatic N) is 1. The first-order valence-electron chi connectivity index (χ1n) is 6.90. The Morgan fingerprint density at radius 2 is 1.90 bits per heavy atom. The van der Waals surface area contributed by atoms with Gasteiger partial charge in [-0.25, -0.2) is 0 Å². The lowest BCUT2D eigenvalue weighted by molar-refractivity contribution is -0.146. The third-order valence-electron chi connectivity index (χ3n) is 3.59. The van der Waals surface area contributed by atoms with Gasteiger partial charge in [0, 0.05) is 17.6 Å².